The van der Waals surface area contributed by atoms with Crippen LogP contribution in [0.4, 0.5) is 0 Å². The molecule has 122 valence electrons. The lowest BCUT2D eigenvalue weighted by Gasteiger charge is -2.37. The van der Waals surface area contributed by atoms with E-state index in [1.165, 1.54) is 0 Å². The van der Waals surface area contributed by atoms with Crippen molar-refractivity contribution in [2.24, 2.45) is 13.0 Å². The number of allylic oxidation sites excluding steroid dienone is 1. The van der Waals surface area contributed by atoms with E-state index in [0.29, 0.717) is 12.0 Å². The molecular formula is C20H20N2O2. The monoisotopic (exact) mass is 320 g/mol. The lowest BCUT2D eigenvalue weighted by Crippen LogP contribution is -2.31. The van der Waals surface area contributed by atoms with Gasteiger partial charge in [0.05, 0.1) is 11.7 Å². The molecule has 0 spiro atoms. The van der Waals surface area contributed by atoms with Gasteiger partial charge >= 0.3 is 0 Å². The summed E-state index contributed by atoms with van der Waals surface area (Å²) in [6.07, 6.45) is 2.21. The highest BCUT2D eigenvalue weighted by atomic mass is 16.1. The molecule has 1 aliphatic heterocycles. The quantitative estimate of drug-likeness (QED) is 0.756. The Bertz CT molecular complexity index is 948. The number of nitrogens with zero attached hydrogens (tertiary/aromatic N) is 2. The molecular weight excluding hydrogens is 300 g/mol. The third kappa shape index (κ3) is 1.80. The van der Waals surface area contributed by atoms with Crippen molar-refractivity contribution in [2.45, 2.75) is 19.4 Å². The van der Waals surface area contributed by atoms with Crippen molar-refractivity contribution in [3.05, 3.63) is 59.4 Å². The summed E-state index contributed by atoms with van der Waals surface area (Å²) < 4.78 is 1.99. The second-order valence-corrected chi connectivity index (χ2v) is 6.80. The van der Waals surface area contributed by atoms with E-state index in [1.54, 1.807) is 6.92 Å². The van der Waals surface area contributed by atoms with Gasteiger partial charge in [-0.15, -0.1) is 0 Å². The number of ketones is 2. The molecule has 2 heterocycles. The number of Topliss-reactive ketones (excluding diaryl/α,β-unsaturated/α-hetero) is 2. The molecule has 0 saturated carbocycles. The standard InChI is InChI=1S/C20H20N2O2/c1-11-14-9-17(24)20-18(13-7-5-6-8-16(13)22(20)4)19(11)21(3)10-15(14)12(2)23/h5-8,10,14,19H,1,9H2,2-4H3/t14-,19-/m1/s1. The molecule has 2 aliphatic rings. The number of aromatic nitrogens is 1. The number of fused-ring (bicyclic) bond motifs is 6. The summed E-state index contributed by atoms with van der Waals surface area (Å²) in [5, 5.41) is 1.08. The first-order valence-corrected chi connectivity index (χ1v) is 8.15. The molecule has 4 nitrogen and oxygen atoms in total. The van der Waals surface area contributed by atoms with Gasteiger partial charge in [0.15, 0.2) is 11.6 Å². The largest absolute Gasteiger partial charge is 0.369 e. The number of hydrogen-bond donors (Lipinski definition) is 0. The summed E-state index contributed by atoms with van der Waals surface area (Å²) in [4.78, 5) is 27.1. The number of likely N-dealkylation sites (N-methyl/N-ethyl adjacent to an activating group) is 1. The molecule has 1 aromatic carbocycles. The van der Waals surface area contributed by atoms with Gasteiger partial charge < -0.3 is 9.47 Å². The Morgan fingerprint density at radius 1 is 1.25 bits per heavy atom. The third-order valence-electron chi connectivity index (χ3n) is 5.40. The van der Waals surface area contributed by atoms with Gasteiger partial charge in [-0.1, -0.05) is 24.8 Å². The number of carbonyl (C=O) groups is 2. The topological polar surface area (TPSA) is 42.3 Å². The van der Waals surface area contributed by atoms with Gasteiger partial charge in [-0.2, -0.15) is 0 Å². The summed E-state index contributed by atoms with van der Waals surface area (Å²) in [5.74, 6) is -0.0998. The maximum atomic E-state index is 13.0. The van der Waals surface area contributed by atoms with Crippen LogP contribution in [0.5, 0.6) is 0 Å². The molecule has 0 N–H and O–H groups in total. The van der Waals surface area contributed by atoms with Crippen molar-refractivity contribution in [3.63, 3.8) is 0 Å². The molecule has 0 saturated heterocycles. The van der Waals surface area contributed by atoms with E-state index in [1.807, 2.05) is 48.0 Å². The van der Waals surface area contributed by atoms with Gasteiger partial charge in [0.1, 0.15) is 0 Å². The van der Waals surface area contributed by atoms with Crippen LogP contribution in [-0.4, -0.2) is 28.1 Å². The molecule has 0 fully saturated rings. The maximum absolute atomic E-state index is 13.0. The highest BCUT2D eigenvalue weighted by Crippen LogP contribution is 2.48. The van der Waals surface area contributed by atoms with E-state index in [9.17, 15) is 9.59 Å². The fraction of sp³-hybridized carbons (Fsp3) is 0.300. The zero-order valence-electron chi connectivity index (χ0n) is 14.2. The fourth-order valence-corrected chi connectivity index (χ4v) is 4.32. The van der Waals surface area contributed by atoms with Crippen molar-refractivity contribution in [3.8, 4) is 0 Å². The zero-order chi connectivity index (χ0) is 17.2. The molecule has 24 heavy (non-hydrogen) atoms. The highest BCUT2D eigenvalue weighted by molar-refractivity contribution is 6.06. The SMILES string of the molecule is C=C1[C@H]2CC(=O)c3c(c4ccccc4n3C)[C@@H]1N(C)C=C2C(C)=O. The lowest BCUT2D eigenvalue weighted by atomic mass is 9.80. The minimum absolute atomic E-state index is 0.00932. The van der Waals surface area contributed by atoms with E-state index >= 15 is 0 Å². The first kappa shape index (κ1) is 14.9. The summed E-state index contributed by atoms with van der Waals surface area (Å²) in [5.41, 5.74) is 4.44. The molecule has 0 amide bonds. The second kappa shape index (κ2) is 4.94. The van der Waals surface area contributed by atoms with Crippen LogP contribution in [0.1, 0.15) is 35.4 Å². The average molecular weight is 320 g/mol. The maximum Gasteiger partial charge on any atom is 0.180 e. The Morgan fingerprint density at radius 2 is 1.96 bits per heavy atom. The number of carbonyl (C=O) groups excluding carboxylic acids is 2. The van der Waals surface area contributed by atoms with Gasteiger partial charge in [-0.05, 0) is 18.6 Å². The van der Waals surface area contributed by atoms with E-state index in [2.05, 4.69) is 12.6 Å². The molecule has 2 aromatic rings. The van der Waals surface area contributed by atoms with Crippen LogP contribution in [0, 0.1) is 5.92 Å². The fourth-order valence-electron chi connectivity index (χ4n) is 4.32. The van der Waals surface area contributed by atoms with Gasteiger partial charge in [0.25, 0.3) is 0 Å². The van der Waals surface area contributed by atoms with E-state index in [0.717, 1.165) is 27.7 Å². The molecule has 0 unspecified atom stereocenters. The first-order valence-electron chi connectivity index (χ1n) is 8.15. The number of hydrogen-bond acceptors (Lipinski definition) is 3. The van der Waals surface area contributed by atoms with E-state index in [-0.39, 0.29) is 23.5 Å². The predicted octanol–water partition coefficient (Wildman–Crippen LogP) is 3.40. The summed E-state index contributed by atoms with van der Waals surface area (Å²) in [7, 11) is 3.90. The number of benzene rings is 1. The van der Waals surface area contributed by atoms with Crippen molar-refractivity contribution in [1.82, 2.24) is 9.47 Å². The van der Waals surface area contributed by atoms with Gasteiger partial charge in [0.2, 0.25) is 0 Å². The van der Waals surface area contributed by atoms with E-state index < -0.39 is 0 Å². The third-order valence-corrected chi connectivity index (χ3v) is 5.40. The Hall–Kier alpha value is -2.62. The van der Waals surface area contributed by atoms with Gasteiger partial charge in [-0.25, -0.2) is 0 Å². The van der Waals surface area contributed by atoms with E-state index in [4.69, 9.17) is 0 Å². The Labute approximate surface area is 141 Å². The highest BCUT2D eigenvalue weighted by Gasteiger charge is 2.42. The molecule has 1 aromatic heterocycles. The normalized spacial score (nSPS) is 23.1. The van der Waals surface area contributed by atoms with Crippen LogP contribution in [0.3, 0.4) is 0 Å². The zero-order valence-corrected chi connectivity index (χ0v) is 14.2. The Kier molecular flexibility index (Phi) is 3.07. The second-order valence-electron chi connectivity index (χ2n) is 6.80. The Balaban J connectivity index is 2.06. The van der Waals surface area contributed by atoms with Crippen molar-refractivity contribution < 1.29 is 9.59 Å². The smallest absolute Gasteiger partial charge is 0.180 e. The number of aryl methyl sites for hydroxylation is 1. The Morgan fingerprint density at radius 3 is 2.67 bits per heavy atom. The lowest BCUT2D eigenvalue weighted by molar-refractivity contribution is -0.114. The molecule has 1 aliphatic carbocycles. The molecule has 2 bridgehead atoms. The molecule has 4 heteroatoms. The van der Waals surface area contributed by atoms with Crippen molar-refractivity contribution >= 4 is 22.5 Å². The van der Waals surface area contributed by atoms with Gasteiger partial charge in [-0.3, -0.25) is 9.59 Å². The average Bonchev–Trinajstić information content (AvgIpc) is 2.79. The predicted molar refractivity (Wildman–Crippen MR) is 93.8 cm³/mol. The first-order chi connectivity index (χ1) is 11.4. The van der Waals surface area contributed by atoms with Crippen LogP contribution < -0.4 is 0 Å². The van der Waals surface area contributed by atoms with Crippen molar-refractivity contribution in [2.75, 3.05) is 7.05 Å². The summed E-state index contributed by atoms with van der Waals surface area (Å²) in [6, 6.07) is 8.01. The molecule has 2 atom stereocenters. The molecule has 0 radical (unpaired) electrons. The molecule has 4 rings (SSSR count). The van der Waals surface area contributed by atoms with Gasteiger partial charge in [0, 0.05) is 54.7 Å². The minimum Gasteiger partial charge on any atom is -0.369 e. The van der Waals surface area contributed by atoms with Crippen LogP contribution in [-0.2, 0) is 11.8 Å². The van der Waals surface area contributed by atoms with Crippen LogP contribution in [0.15, 0.2) is 48.2 Å². The number of para-hydroxylation sites is 1. The van der Waals surface area contributed by atoms with Crippen LogP contribution >= 0.6 is 0 Å². The van der Waals surface area contributed by atoms with Crippen LogP contribution in [0.25, 0.3) is 10.9 Å². The van der Waals surface area contributed by atoms with Crippen LogP contribution in [0.2, 0.25) is 0 Å². The minimum atomic E-state index is -0.192. The summed E-state index contributed by atoms with van der Waals surface area (Å²) >= 11 is 0. The van der Waals surface area contributed by atoms with Crippen molar-refractivity contribution in [1.29, 1.82) is 0 Å². The number of rotatable bonds is 1. The summed E-state index contributed by atoms with van der Waals surface area (Å²) in [6.45, 7) is 5.86.